The van der Waals surface area contributed by atoms with Gasteiger partial charge in [-0.1, -0.05) is 51.4 Å². The van der Waals surface area contributed by atoms with Gasteiger partial charge in [-0.25, -0.2) is 4.39 Å². The van der Waals surface area contributed by atoms with Gasteiger partial charge in [0.15, 0.2) is 0 Å². The summed E-state index contributed by atoms with van der Waals surface area (Å²) in [5.41, 5.74) is 2.44. The highest BCUT2D eigenvalue weighted by Crippen LogP contribution is 2.37. The zero-order valence-corrected chi connectivity index (χ0v) is 32.2. The summed E-state index contributed by atoms with van der Waals surface area (Å²) in [6, 6.07) is 10.9. The summed E-state index contributed by atoms with van der Waals surface area (Å²) in [5, 5.41) is 25.5. The molecular formula is C40H61ClFN3O6. The first-order valence-corrected chi connectivity index (χ1v) is 19.0. The number of benzene rings is 2. The molecule has 0 spiro atoms. The lowest BCUT2D eigenvalue weighted by Gasteiger charge is -2.40. The predicted molar refractivity (Wildman–Crippen MR) is 203 cm³/mol. The van der Waals surface area contributed by atoms with E-state index in [1.807, 2.05) is 18.2 Å². The van der Waals surface area contributed by atoms with Gasteiger partial charge in [-0.15, -0.1) is 0 Å². The van der Waals surface area contributed by atoms with Crippen LogP contribution in [0.25, 0.3) is 0 Å². The second kappa shape index (κ2) is 21.7. The van der Waals surface area contributed by atoms with Crippen LogP contribution in [0.3, 0.4) is 0 Å². The topological polar surface area (TPSA) is 120 Å². The van der Waals surface area contributed by atoms with Gasteiger partial charge in [-0.2, -0.15) is 0 Å². The number of aliphatic hydroxyl groups is 1. The minimum atomic E-state index is -0.929. The van der Waals surface area contributed by atoms with E-state index in [0.717, 1.165) is 81.6 Å². The van der Waals surface area contributed by atoms with Crippen molar-refractivity contribution >= 4 is 34.9 Å². The van der Waals surface area contributed by atoms with Crippen LogP contribution in [-0.4, -0.2) is 80.3 Å². The molecule has 9 nitrogen and oxygen atoms in total. The van der Waals surface area contributed by atoms with Crippen LogP contribution < -0.4 is 15.5 Å². The standard InChI is InChI=1S/C30H40ClFN2O5.C10H21NO/c1-19(2)17-34(24-8-10-25(39-4)11-9-24)28-12-6-20(22(18-38-3)15-30(36)37)13-27(28)33-29(35)14-21-5-7-23(31)16-26(21)32;1-8(2)7-11-9-3-5-10(12)6-4-9/h5-7,12-13,16,19,22,24-25H,8-11,14-15,17-18H2,1-4H3,(H,33,35)(H,36,37);8-12H,3-7H2,1-2H3. The Bertz CT molecular complexity index is 1360. The fourth-order valence-corrected chi connectivity index (χ4v) is 7.15. The largest absolute Gasteiger partial charge is 0.481 e. The molecule has 286 valence electrons. The van der Waals surface area contributed by atoms with Crippen molar-refractivity contribution in [3.8, 4) is 0 Å². The highest BCUT2D eigenvalue weighted by atomic mass is 35.5. The van der Waals surface area contributed by atoms with Crippen LogP contribution >= 0.6 is 11.6 Å². The highest BCUT2D eigenvalue weighted by Gasteiger charge is 2.29. The zero-order valence-electron chi connectivity index (χ0n) is 31.4. The van der Waals surface area contributed by atoms with E-state index in [2.05, 4.69) is 43.2 Å². The van der Waals surface area contributed by atoms with E-state index in [4.69, 9.17) is 21.1 Å². The molecule has 0 aliphatic heterocycles. The van der Waals surface area contributed by atoms with Crippen molar-refractivity contribution in [2.75, 3.05) is 44.1 Å². The number of carbonyl (C=O) groups is 2. The van der Waals surface area contributed by atoms with Crippen LogP contribution in [0.1, 0.15) is 103 Å². The lowest BCUT2D eigenvalue weighted by Crippen LogP contribution is -2.42. The first-order valence-electron chi connectivity index (χ1n) is 18.6. The Labute approximate surface area is 309 Å². The van der Waals surface area contributed by atoms with E-state index in [1.165, 1.54) is 19.2 Å². The quantitative estimate of drug-likeness (QED) is 0.138. The van der Waals surface area contributed by atoms with Crippen molar-refractivity contribution in [3.05, 3.63) is 58.4 Å². The average molecular weight is 734 g/mol. The van der Waals surface area contributed by atoms with Crippen LogP contribution in [0.4, 0.5) is 15.8 Å². The number of aliphatic carboxylic acids is 1. The first-order chi connectivity index (χ1) is 24.3. The van der Waals surface area contributed by atoms with Crippen molar-refractivity contribution in [2.45, 2.75) is 122 Å². The Kier molecular flexibility index (Phi) is 18.1. The molecule has 0 saturated heterocycles. The molecule has 4 rings (SSSR count). The number of carboxylic acid groups (broad SMARTS) is 1. The van der Waals surface area contributed by atoms with E-state index in [0.29, 0.717) is 17.6 Å². The molecule has 0 bridgehead atoms. The Morgan fingerprint density at radius 2 is 1.65 bits per heavy atom. The molecule has 1 atom stereocenters. The lowest BCUT2D eigenvalue weighted by atomic mass is 9.90. The molecule has 2 saturated carbocycles. The highest BCUT2D eigenvalue weighted by molar-refractivity contribution is 6.30. The molecule has 2 aliphatic rings. The summed E-state index contributed by atoms with van der Waals surface area (Å²) in [6.45, 7) is 10.9. The number of aliphatic hydroxyl groups excluding tert-OH is 1. The number of nitrogens with zero attached hydrogens (tertiary/aromatic N) is 1. The van der Waals surface area contributed by atoms with Crippen molar-refractivity contribution in [3.63, 3.8) is 0 Å². The number of methoxy groups -OCH3 is 2. The fraction of sp³-hybridized carbons (Fsp3) is 0.650. The van der Waals surface area contributed by atoms with E-state index in [9.17, 15) is 24.2 Å². The maximum absolute atomic E-state index is 14.4. The first kappa shape index (κ1) is 42.7. The maximum atomic E-state index is 14.4. The number of rotatable bonds is 16. The second-order valence-corrected chi connectivity index (χ2v) is 15.4. The molecular weight excluding hydrogens is 673 g/mol. The Balaban J connectivity index is 0.000000493. The number of carboxylic acids is 1. The van der Waals surface area contributed by atoms with E-state index < -0.39 is 11.8 Å². The zero-order chi connectivity index (χ0) is 37.5. The Morgan fingerprint density at radius 3 is 2.22 bits per heavy atom. The van der Waals surface area contributed by atoms with Crippen molar-refractivity contribution in [1.29, 1.82) is 0 Å². The molecule has 2 aliphatic carbocycles. The molecule has 11 heteroatoms. The normalized spacial score (nSPS) is 21.2. The molecule has 2 aromatic rings. The molecule has 0 heterocycles. The SMILES string of the molecule is CC(C)CNC1CCC(O)CC1.COCC(CC(=O)O)c1ccc(N(CC(C)C)C2CCC(OC)CC2)c(NC(=O)Cc2ccc(Cl)cc2F)c1. The molecule has 2 fully saturated rings. The van der Waals surface area contributed by atoms with Gasteiger partial charge in [0.1, 0.15) is 5.82 Å². The van der Waals surface area contributed by atoms with Gasteiger partial charge >= 0.3 is 5.97 Å². The number of hydrogen-bond acceptors (Lipinski definition) is 7. The van der Waals surface area contributed by atoms with Crippen LogP contribution in [-0.2, 0) is 25.5 Å². The monoisotopic (exact) mass is 733 g/mol. The summed E-state index contributed by atoms with van der Waals surface area (Å²) in [5.74, 6) is -1.13. The van der Waals surface area contributed by atoms with Gasteiger partial charge in [0.25, 0.3) is 0 Å². The average Bonchev–Trinajstić information content (AvgIpc) is 3.08. The van der Waals surface area contributed by atoms with Crippen LogP contribution in [0.2, 0.25) is 5.02 Å². The van der Waals surface area contributed by atoms with Gasteiger partial charge in [0, 0.05) is 43.8 Å². The maximum Gasteiger partial charge on any atom is 0.304 e. The Hall–Kier alpha value is -2.76. The van der Waals surface area contributed by atoms with Gasteiger partial charge < -0.3 is 35.2 Å². The van der Waals surface area contributed by atoms with Gasteiger partial charge in [0.2, 0.25) is 5.91 Å². The van der Waals surface area contributed by atoms with E-state index in [-0.39, 0.29) is 60.1 Å². The third-order valence-corrected chi connectivity index (χ3v) is 9.96. The summed E-state index contributed by atoms with van der Waals surface area (Å²) < 4.78 is 25.3. The number of anilines is 2. The third-order valence-electron chi connectivity index (χ3n) is 9.72. The van der Waals surface area contributed by atoms with Crippen LogP contribution in [0.5, 0.6) is 0 Å². The van der Waals surface area contributed by atoms with Crippen molar-refractivity contribution in [2.24, 2.45) is 11.8 Å². The molecule has 1 unspecified atom stereocenters. The smallest absolute Gasteiger partial charge is 0.304 e. The number of carbonyl (C=O) groups excluding carboxylic acids is 1. The summed E-state index contributed by atoms with van der Waals surface area (Å²) in [4.78, 5) is 27.1. The third kappa shape index (κ3) is 14.6. The number of amides is 1. The molecule has 0 radical (unpaired) electrons. The minimum Gasteiger partial charge on any atom is -0.481 e. The molecule has 1 amide bonds. The fourth-order valence-electron chi connectivity index (χ4n) is 6.99. The molecule has 0 aromatic heterocycles. The van der Waals surface area contributed by atoms with Crippen LogP contribution in [0.15, 0.2) is 36.4 Å². The number of halogens is 2. The summed E-state index contributed by atoms with van der Waals surface area (Å²) in [6.07, 6.45) is 8.06. The van der Waals surface area contributed by atoms with Crippen molar-refractivity contribution in [1.82, 2.24) is 5.32 Å². The Morgan fingerprint density at radius 1 is 0.961 bits per heavy atom. The van der Waals surface area contributed by atoms with Gasteiger partial charge in [-0.05, 0) is 105 Å². The summed E-state index contributed by atoms with van der Waals surface area (Å²) in [7, 11) is 3.29. The summed E-state index contributed by atoms with van der Waals surface area (Å²) >= 11 is 5.88. The second-order valence-electron chi connectivity index (χ2n) is 15.0. The lowest BCUT2D eigenvalue weighted by molar-refractivity contribution is -0.137. The van der Waals surface area contributed by atoms with E-state index >= 15 is 0 Å². The molecule has 4 N–H and O–H groups in total. The predicted octanol–water partition coefficient (Wildman–Crippen LogP) is 7.82. The number of hydrogen-bond donors (Lipinski definition) is 4. The molecule has 2 aromatic carbocycles. The van der Waals surface area contributed by atoms with Crippen LogP contribution in [0, 0.1) is 17.7 Å². The number of nitrogens with one attached hydrogen (secondary N) is 2. The van der Waals surface area contributed by atoms with Crippen molar-refractivity contribution < 1.29 is 33.7 Å². The minimum absolute atomic E-state index is 0.0258. The van der Waals surface area contributed by atoms with E-state index in [1.54, 1.807) is 13.2 Å². The molecule has 51 heavy (non-hydrogen) atoms. The van der Waals surface area contributed by atoms with Gasteiger partial charge in [0.05, 0.1) is 43.0 Å². The van der Waals surface area contributed by atoms with Gasteiger partial charge in [-0.3, -0.25) is 9.59 Å². The number of ether oxygens (including phenoxy) is 2.